The number of aromatic nitrogens is 1. The number of fused-ring (bicyclic) bond motifs is 5. The minimum Gasteiger partial charge on any atom is -0.310 e. The zero-order chi connectivity index (χ0) is 31.3. The van der Waals surface area contributed by atoms with Gasteiger partial charge >= 0.3 is 0 Å². The van der Waals surface area contributed by atoms with Gasteiger partial charge < -0.3 is 9.47 Å². The van der Waals surface area contributed by atoms with Crippen LogP contribution in [0.4, 0.5) is 17.1 Å². The molecule has 0 spiro atoms. The van der Waals surface area contributed by atoms with Crippen molar-refractivity contribution < 1.29 is 0 Å². The van der Waals surface area contributed by atoms with Gasteiger partial charge in [0, 0.05) is 40.6 Å². The summed E-state index contributed by atoms with van der Waals surface area (Å²) in [7, 11) is 0. The summed E-state index contributed by atoms with van der Waals surface area (Å²) in [5.74, 6) is 0. The predicted octanol–water partition coefficient (Wildman–Crippen LogP) is 11.0. The van der Waals surface area contributed by atoms with Gasteiger partial charge in [-0.05, 0) is 131 Å². The van der Waals surface area contributed by atoms with E-state index in [1.165, 1.54) is 67.3 Å². The molecule has 3 nitrogen and oxygen atoms in total. The Kier molecular flexibility index (Phi) is 6.54. The van der Waals surface area contributed by atoms with E-state index in [4.69, 9.17) is 0 Å². The van der Waals surface area contributed by atoms with Crippen molar-refractivity contribution in [3.05, 3.63) is 167 Å². The summed E-state index contributed by atoms with van der Waals surface area (Å²) in [6.45, 7) is 0. The van der Waals surface area contributed by atoms with Crippen molar-refractivity contribution in [2.45, 2.75) is 32.1 Å². The number of hydrogen-bond acceptors (Lipinski definition) is 2. The van der Waals surface area contributed by atoms with Gasteiger partial charge in [0.05, 0.1) is 11.6 Å². The monoisotopic (exact) mass is 603 g/mol. The van der Waals surface area contributed by atoms with E-state index in [0.29, 0.717) is 5.56 Å². The number of benzene rings is 5. The molecule has 0 bridgehead atoms. The largest absolute Gasteiger partial charge is 0.310 e. The second-order valence-corrected chi connectivity index (χ2v) is 12.7. The van der Waals surface area contributed by atoms with Gasteiger partial charge in [-0.3, -0.25) is 0 Å². The van der Waals surface area contributed by atoms with Crippen molar-refractivity contribution in [1.29, 1.82) is 5.26 Å². The fourth-order valence-electron chi connectivity index (χ4n) is 7.86. The van der Waals surface area contributed by atoms with Crippen LogP contribution in [0.1, 0.15) is 52.0 Å². The molecule has 0 radical (unpaired) electrons. The number of anilines is 3. The second kappa shape index (κ2) is 11.2. The fraction of sp³-hybridized carbons (Fsp3) is 0.114. The van der Waals surface area contributed by atoms with Crippen molar-refractivity contribution in [3.63, 3.8) is 0 Å². The molecule has 2 aliphatic carbocycles. The number of allylic oxidation sites excluding steroid dienone is 2. The summed E-state index contributed by atoms with van der Waals surface area (Å²) in [5.41, 5.74) is 18.3. The SMILES string of the molecule is N#Cc1ccc2c(c1)Cc1ccccc1N2c1cccc(-c2ccccc2-c2cccc(-n3c4c(c5c3C=CCC5)CCC=C4)c2)c1. The molecule has 6 aromatic rings. The van der Waals surface area contributed by atoms with Crippen LogP contribution >= 0.6 is 0 Å². The highest BCUT2D eigenvalue weighted by atomic mass is 15.2. The second-order valence-electron chi connectivity index (χ2n) is 12.7. The lowest BCUT2D eigenvalue weighted by molar-refractivity contribution is 0.922. The first-order valence-electron chi connectivity index (χ1n) is 16.6. The smallest absolute Gasteiger partial charge is 0.0991 e. The average molecular weight is 604 g/mol. The molecule has 3 heteroatoms. The Morgan fingerprint density at radius 2 is 1.17 bits per heavy atom. The fourth-order valence-corrected chi connectivity index (χ4v) is 7.86. The molecule has 1 aliphatic heterocycles. The molecule has 0 unspecified atom stereocenters. The molecule has 0 saturated heterocycles. The molecule has 9 rings (SSSR count). The Hall–Kier alpha value is -5.85. The number of para-hydroxylation sites is 1. The standard InChI is InChI=1S/C44H33N3/c45-29-30-23-24-42-34(25-30)26-33-11-1-6-20-41(33)46(42)35-14-9-12-31(27-35)37-16-2-3-17-38(37)32-13-10-15-36(28-32)47-43-21-7-4-18-39(43)40-19-5-8-22-44(40)47/h1-3,6-17,20-25,27-28H,4-5,18-19,26H2. The summed E-state index contributed by atoms with van der Waals surface area (Å²) in [4.78, 5) is 2.35. The topological polar surface area (TPSA) is 32.0 Å². The highest BCUT2D eigenvalue weighted by molar-refractivity contribution is 5.89. The van der Waals surface area contributed by atoms with E-state index in [0.717, 1.165) is 43.5 Å². The third kappa shape index (κ3) is 4.56. The van der Waals surface area contributed by atoms with Crippen LogP contribution in [0.5, 0.6) is 0 Å². The van der Waals surface area contributed by atoms with E-state index in [-0.39, 0.29) is 0 Å². The van der Waals surface area contributed by atoms with Gasteiger partial charge in [0.25, 0.3) is 0 Å². The number of nitriles is 1. The first-order valence-corrected chi connectivity index (χ1v) is 16.6. The molecule has 47 heavy (non-hydrogen) atoms. The van der Waals surface area contributed by atoms with Crippen molar-refractivity contribution in [1.82, 2.24) is 4.57 Å². The molecule has 1 aromatic heterocycles. The lowest BCUT2D eigenvalue weighted by Gasteiger charge is -2.34. The average Bonchev–Trinajstić information content (AvgIpc) is 3.48. The lowest BCUT2D eigenvalue weighted by Crippen LogP contribution is -2.18. The third-order valence-corrected chi connectivity index (χ3v) is 9.96. The first-order chi connectivity index (χ1) is 23.3. The van der Waals surface area contributed by atoms with Crippen molar-refractivity contribution >= 4 is 29.2 Å². The molecule has 0 amide bonds. The van der Waals surface area contributed by atoms with E-state index in [1.54, 1.807) is 0 Å². The Morgan fingerprint density at radius 1 is 0.553 bits per heavy atom. The molecule has 0 atom stereocenters. The van der Waals surface area contributed by atoms with Crippen LogP contribution < -0.4 is 4.90 Å². The lowest BCUT2D eigenvalue weighted by atomic mass is 9.92. The van der Waals surface area contributed by atoms with Crippen molar-refractivity contribution in [3.8, 4) is 34.0 Å². The molecular formula is C44H33N3. The maximum Gasteiger partial charge on any atom is 0.0991 e. The number of nitrogens with zero attached hydrogens (tertiary/aromatic N) is 3. The Bertz CT molecular complexity index is 2270. The maximum atomic E-state index is 9.60. The highest BCUT2D eigenvalue weighted by Gasteiger charge is 2.26. The van der Waals surface area contributed by atoms with E-state index in [9.17, 15) is 5.26 Å². The van der Waals surface area contributed by atoms with Crippen LogP contribution in [0.15, 0.2) is 127 Å². The van der Waals surface area contributed by atoms with Crippen LogP contribution in [0.2, 0.25) is 0 Å². The van der Waals surface area contributed by atoms with Crippen molar-refractivity contribution in [2.75, 3.05) is 4.90 Å². The van der Waals surface area contributed by atoms with Gasteiger partial charge in [-0.1, -0.05) is 78.9 Å². The van der Waals surface area contributed by atoms with E-state index < -0.39 is 0 Å². The molecule has 224 valence electrons. The molecule has 2 heterocycles. The normalized spacial score (nSPS) is 14.1. The summed E-state index contributed by atoms with van der Waals surface area (Å²) >= 11 is 0. The molecule has 0 N–H and O–H groups in total. The summed E-state index contributed by atoms with van der Waals surface area (Å²) in [5, 5.41) is 9.60. The number of hydrogen-bond donors (Lipinski definition) is 0. The van der Waals surface area contributed by atoms with Gasteiger partial charge in [0.1, 0.15) is 0 Å². The van der Waals surface area contributed by atoms with Gasteiger partial charge in [-0.2, -0.15) is 5.26 Å². The summed E-state index contributed by atoms with van der Waals surface area (Å²) in [6, 6.07) is 43.7. The van der Waals surface area contributed by atoms with Gasteiger partial charge in [-0.25, -0.2) is 0 Å². The van der Waals surface area contributed by atoms with Gasteiger partial charge in [-0.15, -0.1) is 0 Å². The van der Waals surface area contributed by atoms with Gasteiger partial charge in [0.2, 0.25) is 0 Å². The van der Waals surface area contributed by atoms with Crippen LogP contribution in [0.3, 0.4) is 0 Å². The Labute approximate surface area is 276 Å². The van der Waals surface area contributed by atoms with E-state index >= 15 is 0 Å². The van der Waals surface area contributed by atoms with Crippen LogP contribution in [0.25, 0.3) is 40.1 Å². The maximum absolute atomic E-state index is 9.60. The van der Waals surface area contributed by atoms with Crippen molar-refractivity contribution in [2.24, 2.45) is 0 Å². The quantitative estimate of drug-likeness (QED) is 0.200. The molecule has 3 aliphatic rings. The number of rotatable bonds is 4. The van der Waals surface area contributed by atoms with E-state index in [1.807, 2.05) is 12.1 Å². The van der Waals surface area contributed by atoms with Crippen LogP contribution in [-0.2, 0) is 19.3 Å². The van der Waals surface area contributed by atoms with Crippen LogP contribution in [0, 0.1) is 11.3 Å². The highest BCUT2D eigenvalue weighted by Crippen LogP contribution is 2.45. The zero-order valence-corrected chi connectivity index (χ0v) is 26.2. The van der Waals surface area contributed by atoms with E-state index in [2.05, 4.69) is 143 Å². The van der Waals surface area contributed by atoms with Gasteiger partial charge in [0.15, 0.2) is 0 Å². The minimum absolute atomic E-state index is 0.695. The molecule has 5 aromatic carbocycles. The summed E-state index contributed by atoms with van der Waals surface area (Å²) in [6.07, 6.45) is 14.6. The van der Waals surface area contributed by atoms with Crippen LogP contribution in [-0.4, -0.2) is 4.57 Å². The molecular weight excluding hydrogens is 571 g/mol. The Morgan fingerprint density at radius 3 is 1.87 bits per heavy atom. The zero-order valence-electron chi connectivity index (χ0n) is 26.2. The molecule has 0 saturated carbocycles. The predicted molar refractivity (Wildman–Crippen MR) is 194 cm³/mol. The molecule has 0 fully saturated rings. The minimum atomic E-state index is 0.695. The first kappa shape index (κ1) is 27.5. The Balaban J connectivity index is 1.15. The third-order valence-electron chi connectivity index (χ3n) is 9.96. The summed E-state index contributed by atoms with van der Waals surface area (Å²) < 4.78 is 2.48.